The van der Waals surface area contributed by atoms with Crippen molar-refractivity contribution in [3.8, 4) is 5.69 Å². The van der Waals surface area contributed by atoms with Crippen LogP contribution in [0.1, 0.15) is 0 Å². The lowest BCUT2D eigenvalue weighted by Gasteiger charge is -2.15. The quantitative estimate of drug-likeness (QED) is 0.600. The van der Waals surface area contributed by atoms with Crippen LogP contribution >= 0.6 is 0 Å². The summed E-state index contributed by atoms with van der Waals surface area (Å²) in [4.78, 5) is 24.2. The van der Waals surface area contributed by atoms with E-state index in [2.05, 4.69) is 24.7 Å². The normalized spacial score (nSPS) is 11.6. The van der Waals surface area contributed by atoms with Crippen molar-refractivity contribution < 1.29 is 4.74 Å². The van der Waals surface area contributed by atoms with Gasteiger partial charge in [-0.1, -0.05) is 37.8 Å². The van der Waals surface area contributed by atoms with Crippen LogP contribution < -0.4 is 11.2 Å². The third-order valence-electron chi connectivity index (χ3n) is 3.18. The summed E-state index contributed by atoms with van der Waals surface area (Å²) in [7, 11) is -1.19. The number of ether oxygens (including phenoxy) is 1. The van der Waals surface area contributed by atoms with Crippen molar-refractivity contribution >= 4 is 8.07 Å². The van der Waals surface area contributed by atoms with E-state index >= 15 is 0 Å². The minimum Gasteiger partial charge on any atom is -0.361 e. The number of nitrogens with zero attached hydrogens (tertiary/aromatic N) is 3. The largest absolute Gasteiger partial charge is 0.361 e. The highest BCUT2D eigenvalue weighted by atomic mass is 28.3. The van der Waals surface area contributed by atoms with Crippen molar-refractivity contribution in [2.24, 2.45) is 0 Å². The Hall–Kier alpha value is -1.99. The summed E-state index contributed by atoms with van der Waals surface area (Å²) in [6.07, 6.45) is 1.14. The molecule has 0 amide bonds. The molecule has 0 spiro atoms. The van der Waals surface area contributed by atoms with E-state index in [-0.39, 0.29) is 6.73 Å². The van der Waals surface area contributed by atoms with E-state index in [1.54, 1.807) is 12.1 Å². The molecule has 0 unspecified atom stereocenters. The van der Waals surface area contributed by atoms with E-state index in [4.69, 9.17) is 4.74 Å². The Morgan fingerprint density at radius 2 is 1.82 bits per heavy atom. The first-order valence-corrected chi connectivity index (χ1v) is 10.9. The zero-order valence-corrected chi connectivity index (χ0v) is 14.2. The summed E-state index contributed by atoms with van der Waals surface area (Å²) < 4.78 is 7.76. The molecule has 0 saturated carbocycles. The predicted molar refractivity (Wildman–Crippen MR) is 88.2 cm³/mol. The van der Waals surface area contributed by atoms with Crippen molar-refractivity contribution in [1.82, 2.24) is 14.3 Å². The van der Waals surface area contributed by atoms with Crippen LogP contribution in [0.15, 0.2) is 46.1 Å². The molecule has 1 aromatic heterocycles. The van der Waals surface area contributed by atoms with E-state index in [0.29, 0.717) is 12.3 Å². The minimum atomic E-state index is -1.19. The van der Waals surface area contributed by atoms with Gasteiger partial charge in [0, 0.05) is 14.7 Å². The van der Waals surface area contributed by atoms with Gasteiger partial charge in [-0.2, -0.15) is 9.78 Å². The van der Waals surface area contributed by atoms with Gasteiger partial charge in [-0.25, -0.2) is 9.36 Å². The Labute approximate surface area is 130 Å². The molecule has 0 aliphatic carbocycles. The van der Waals surface area contributed by atoms with Crippen molar-refractivity contribution in [2.75, 3.05) is 6.61 Å². The van der Waals surface area contributed by atoms with Crippen LogP contribution in [0.5, 0.6) is 0 Å². The number of hydrogen-bond acceptors (Lipinski definition) is 4. The van der Waals surface area contributed by atoms with Crippen molar-refractivity contribution in [3.05, 3.63) is 57.4 Å². The molecule has 2 rings (SSSR count). The smallest absolute Gasteiger partial charge is 0.354 e. The van der Waals surface area contributed by atoms with Gasteiger partial charge < -0.3 is 4.74 Å². The maximum absolute atomic E-state index is 12.4. The van der Waals surface area contributed by atoms with Crippen LogP contribution in [0.3, 0.4) is 0 Å². The molecular formula is C15H21N3O3Si. The van der Waals surface area contributed by atoms with Crippen LogP contribution in [-0.4, -0.2) is 29.0 Å². The SMILES string of the molecule is C[Si](C)(C)CCOCn1c(=O)cnn(-c2ccccc2)c1=O. The number of para-hydroxylation sites is 1. The van der Waals surface area contributed by atoms with Crippen molar-refractivity contribution in [2.45, 2.75) is 32.4 Å². The van der Waals surface area contributed by atoms with Gasteiger partial charge >= 0.3 is 5.69 Å². The molecule has 0 saturated heterocycles. The third-order valence-corrected chi connectivity index (χ3v) is 4.88. The minimum absolute atomic E-state index is 0.0441. The second-order valence-electron chi connectivity index (χ2n) is 6.29. The van der Waals surface area contributed by atoms with E-state index in [1.807, 2.05) is 18.2 Å². The maximum Gasteiger partial charge on any atom is 0.354 e. The topological polar surface area (TPSA) is 66.1 Å². The molecule has 2 aromatic rings. The van der Waals surface area contributed by atoms with E-state index in [0.717, 1.165) is 16.8 Å². The van der Waals surface area contributed by atoms with Gasteiger partial charge in [0.1, 0.15) is 12.9 Å². The van der Waals surface area contributed by atoms with Gasteiger partial charge in [0.25, 0.3) is 5.56 Å². The number of aromatic nitrogens is 3. The standard InChI is InChI=1S/C15H21N3O3Si/c1-22(2,3)10-9-21-12-17-14(19)11-16-18(15(17)20)13-7-5-4-6-8-13/h4-8,11H,9-10,12H2,1-3H3. The monoisotopic (exact) mass is 319 g/mol. The summed E-state index contributed by atoms with van der Waals surface area (Å²) in [5.74, 6) is 0. The Balaban J connectivity index is 2.18. The molecule has 1 aromatic carbocycles. The zero-order chi connectivity index (χ0) is 16.2. The molecule has 0 fully saturated rings. The number of hydrogen-bond donors (Lipinski definition) is 0. The fraction of sp³-hybridized carbons (Fsp3) is 0.400. The molecule has 6 nitrogen and oxygen atoms in total. The first-order chi connectivity index (χ1) is 10.4. The molecule has 0 aliphatic heterocycles. The van der Waals surface area contributed by atoms with Gasteiger partial charge in [-0.05, 0) is 18.2 Å². The van der Waals surface area contributed by atoms with Crippen LogP contribution in [0, 0.1) is 0 Å². The Morgan fingerprint density at radius 3 is 2.45 bits per heavy atom. The fourth-order valence-corrected chi connectivity index (χ4v) is 2.59. The molecule has 1 heterocycles. The Bertz CT molecular complexity index is 732. The average molecular weight is 319 g/mol. The Kier molecular flexibility index (Phi) is 5.10. The van der Waals surface area contributed by atoms with Gasteiger partial charge in [0.15, 0.2) is 0 Å². The molecule has 0 bridgehead atoms. The van der Waals surface area contributed by atoms with E-state index in [1.165, 1.54) is 4.68 Å². The fourth-order valence-electron chi connectivity index (χ4n) is 1.83. The number of rotatable bonds is 6. The highest BCUT2D eigenvalue weighted by Gasteiger charge is 2.13. The summed E-state index contributed by atoms with van der Waals surface area (Å²) in [6, 6.07) is 9.97. The van der Waals surface area contributed by atoms with Gasteiger partial charge in [0.05, 0.1) is 5.69 Å². The second-order valence-corrected chi connectivity index (χ2v) is 11.9. The zero-order valence-electron chi connectivity index (χ0n) is 13.2. The molecule has 0 N–H and O–H groups in total. The summed E-state index contributed by atoms with van der Waals surface area (Å²) in [6.45, 7) is 7.25. The molecular weight excluding hydrogens is 298 g/mol. The van der Waals surface area contributed by atoms with Crippen LogP contribution in [0.4, 0.5) is 0 Å². The van der Waals surface area contributed by atoms with Crippen LogP contribution in [0.2, 0.25) is 25.7 Å². The summed E-state index contributed by atoms with van der Waals surface area (Å²) in [5, 5.41) is 3.90. The number of benzene rings is 1. The molecule has 0 aliphatic rings. The van der Waals surface area contributed by atoms with Gasteiger partial charge in [0.2, 0.25) is 0 Å². The maximum atomic E-state index is 12.4. The first-order valence-electron chi connectivity index (χ1n) is 7.21. The second kappa shape index (κ2) is 6.84. The van der Waals surface area contributed by atoms with E-state index < -0.39 is 19.3 Å². The predicted octanol–water partition coefficient (Wildman–Crippen LogP) is 1.71. The molecule has 0 radical (unpaired) electrons. The average Bonchev–Trinajstić information content (AvgIpc) is 2.46. The van der Waals surface area contributed by atoms with Crippen molar-refractivity contribution in [1.29, 1.82) is 0 Å². The van der Waals surface area contributed by atoms with Crippen LogP contribution in [0.25, 0.3) is 5.69 Å². The molecule has 7 heteroatoms. The summed E-state index contributed by atoms with van der Waals surface area (Å²) in [5.41, 5.74) is -0.333. The molecule has 0 atom stereocenters. The van der Waals surface area contributed by atoms with Crippen LogP contribution in [-0.2, 0) is 11.5 Å². The lowest BCUT2D eigenvalue weighted by molar-refractivity contribution is 0.0803. The van der Waals surface area contributed by atoms with Gasteiger partial charge in [-0.3, -0.25) is 4.79 Å². The molecule has 22 heavy (non-hydrogen) atoms. The highest BCUT2D eigenvalue weighted by molar-refractivity contribution is 6.76. The molecule has 118 valence electrons. The van der Waals surface area contributed by atoms with E-state index in [9.17, 15) is 9.59 Å². The highest BCUT2D eigenvalue weighted by Crippen LogP contribution is 2.07. The van der Waals surface area contributed by atoms with Crippen molar-refractivity contribution in [3.63, 3.8) is 0 Å². The van der Waals surface area contributed by atoms with Gasteiger partial charge in [-0.15, -0.1) is 0 Å². The first kappa shape index (κ1) is 16.4. The lowest BCUT2D eigenvalue weighted by Crippen LogP contribution is -2.40. The summed E-state index contributed by atoms with van der Waals surface area (Å²) >= 11 is 0. The third kappa shape index (κ3) is 4.25. The lowest BCUT2D eigenvalue weighted by atomic mass is 10.3. The Morgan fingerprint density at radius 1 is 1.14 bits per heavy atom.